The van der Waals surface area contributed by atoms with E-state index < -0.39 is 10.0 Å². The first-order chi connectivity index (χ1) is 8.41. The molecule has 0 spiro atoms. The van der Waals surface area contributed by atoms with Gasteiger partial charge in [0, 0.05) is 26.8 Å². The standard InChI is InChI=1S/C11H24N2O4S/c1-4-5-8-13(18(3,15)16)10-11(14)12-7-6-9-17-2/h4-10H2,1-3H3,(H,12,14). The highest BCUT2D eigenvalue weighted by Crippen LogP contribution is 2.01. The second-order valence-corrected chi connectivity index (χ2v) is 6.13. The summed E-state index contributed by atoms with van der Waals surface area (Å²) in [5, 5.41) is 2.67. The fourth-order valence-electron chi connectivity index (χ4n) is 1.36. The molecule has 0 heterocycles. The second kappa shape index (κ2) is 9.29. The third-order valence-corrected chi connectivity index (χ3v) is 3.65. The summed E-state index contributed by atoms with van der Waals surface area (Å²) in [4.78, 5) is 11.6. The lowest BCUT2D eigenvalue weighted by Gasteiger charge is -2.19. The zero-order valence-corrected chi connectivity index (χ0v) is 12.3. The quantitative estimate of drug-likeness (QED) is 0.580. The van der Waals surface area contributed by atoms with Crippen LogP contribution in [-0.2, 0) is 19.6 Å². The molecule has 0 fully saturated rings. The lowest BCUT2D eigenvalue weighted by molar-refractivity contribution is -0.121. The topological polar surface area (TPSA) is 75.7 Å². The number of sulfonamides is 1. The smallest absolute Gasteiger partial charge is 0.235 e. The minimum absolute atomic E-state index is 0.105. The van der Waals surface area contributed by atoms with Crippen LogP contribution in [-0.4, -0.2) is 58.2 Å². The van der Waals surface area contributed by atoms with Crippen LogP contribution in [0, 0.1) is 0 Å². The number of nitrogens with one attached hydrogen (secondary N) is 1. The van der Waals surface area contributed by atoms with E-state index in [4.69, 9.17) is 4.74 Å². The van der Waals surface area contributed by atoms with Crippen molar-refractivity contribution < 1.29 is 17.9 Å². The lowest BCUT2D eigenvalue weighted by Crippen LogP contribution is -2.41. The van der Waals surface area contributed by atoms with Gasteiger partial charge in [-0.05, 0) is 12.8 Å². The SMILES string of the molecule is CCCCN(CC(=O)NCCCOC)S(C)(=O)=O. The largest absolute Gasteiger partial charge is 0.385 e. The van der Waals surface area contributed by atoms with Crippen molar-refractivity contribution in [2.75, 3.05) is 39.6 Å². The van der Waals surface area contributed by atoms with Gasteiger partial charge in [0.25, 0.3) is 0 Å². The second-order valence-electron chi connectivity index (χ2n) is 4.15. The Morgan fingerprint density at radius 3 is 2.50 bits per heavy atom. The summed E-state index contributed by atoms with van der Waals surface area (Å²) in [7, 11) is -1.72. The van der Waals surface area contributed by atoms with E-state index in [1.807, 2.05) is 6.92 Å². The van der Waals surface area contributed by atoms with Crippen molar-refractivity contribution >= 4 is 15.9 Å². The summed E-state index contributed by atoms with van der Waals surface area (Å²) in [5.41, 5.74) is 0. The van der Waals surface area contributed by atoms with Crippen LogP contribution in [0.15, 0.2) is 0 Å². The van der Waals surface area contributed by atoms with E-state index in [2.05, 4.69) is 5.32 Å². The molecule has 108 valence electrons. The van der Waals surface area contributed by atoms with Crippen molar-refractivity contribution in [2.45, 2.75) is 26.2 Å². The molecule has 6 nitrogen and oxygen atoms in total. The van der Waals surface area contributed by atoms with Crippen LogP contribution in [0.5, 0.6) is 0 Å². The van der Waals surface area contributed by atoms with Gasteiger partial charge in [0.2, 0.25) is 15.9 Å². The van der Waals surface area contributed by atoms with E-state index in [1.54, 1.807) is 7.11 Å². The Morgan fingerprint density at radius 1 is 1.33 bits per heavy atom. The van der Waals surface area contributed by atoms with Crippen LogP contribution in [0.1, 0.15) is 26.2 Å². The van der Waals surface area contributed by atoms with Gasteiger partial charge in [-0.2, -0.15) is 4.31 Å². The minimum Gasteiger partial charge on any atom is -0.385 e. The molecule has 0 aromatic heterocycles. The van der Waals surface area contributed by atoms with Crippen molar-refractivity contribution in [3.8, 4) is 0 Å². The normalized spacial score (nSPS) is 11.8. The summed E-state index contributed by atoms with van der Waals surface area (Å²) in [6, 6.07) is 0. The molecule has 1 amide bonds. The van der Waals surface area contributed by atoms with Gasteiger partial charge in [0.1, 0.15) is 0 Å². The molecule has 0 aliphatic carbocycles. The molecule has 1 N–H and O–H groups in total. The van der Waals surface area contributed by atoms with Crippen LogP contribution < -0.4 is 5.32 Å². The maximum absolute atomic E-state index is 11.6. The number of hydrogen-bond acceptors (Lipinski definition) is 4. The van der Waals surface area contributed by atoms with Gasteiger partial charge in [0.15, 0.2) is 0 Å². The summed E-state index contributed by atoms with van der Waals surface area (Å²) >= 11 is 0. The number of carbonyl (C=O) groups is 1. The molecule has 0 radical (unpaired) electrons. The molecule has 0 saturated carbocycles. The predicted octanol–water partition coefficient (Wildman–Crippen LogP) is 0.201. The third kappa shape index (κ3) is 8.43. The Kier molecular flexibility index (Phi) is 8.95. The Labute approximate surface area is 110 Å². The zero-order chi connectivity index (χ0) is 14.0. The minimum atomic E-state index is -3.32. The summed E-state index contributed by atoms with van der Waals surface area (Å²) < 4.78 is 29.0. The molecule has 0 atom stereocenters. The molecule has 0 aromatic carbocycles. The highest BCUT2D eigenvalue weighted by molar-refractivity contribution is 7.88. The van der Waals surface area contributed by atoms with Crippen LogP contribution in [0.25, 0.3) is 0 Å². The van der Waals surface area contributed by atoms with Crippen LogP contribution in [0.4, 0.5) is 0 Å². The monoisotopic (exact) mass is 280 g/mol. The van der Waals surface area contributed by atoms with Gasteiger partial charge in [-0.1, -0.05) is 13.3 Å². The highest BCUT2D eigenvalue weighted by atomic mass is 32.2. The van der Waals surface area contributed by atoms with Crippen molar-refractivity contribution in [1.29, 1.82) is 0 Å². The molecule has 0 unspecified atom stereocenters. The predicted molar refractivity (Wildman–Crippen MR) is 70.8 cm³/mol. The van der Waals surface area contributed by atoms with E-state index in [1.165, 1.54) is 4.31 Å². The fraction of sp³-hybridized carbons (Fsp3) is 0.909. The molecular weight excluding hydrogens is 256 g/mol. The lowest BCUT2D eigenvalue weighted by atomic mass is 10.3. The number of amides is 1. The first-order valence-electron chi connectivity index (χ1n) is 6.12. The van der Waals surface area contributed by atoms with E-state index >= 15 is 0 Å². The number of hydrogen-bond donors (Lipinski definition) is 1. The van der Waals surface area contributed by atoms with Crippen molar-refractivity contribution in [3.05, 3.63) is 0 Å². The number of unbranched alkanes of at least 4 members (excludes halogenated alkanes) is 1. The van der Waals surface area contributed by atoms with Crippen LogP contribution in [0.2, 0.25) is 0 Å². The van der Waals surface area contributed by atoms with Gasteiger partial charge in [-0.3, -0.25) is 4.79 Å². The molecular formula is C11H24N2O4S. The van der Waals surface area contributed by atoms with E-state index in [0.29, 0.717) is 19.7 Å². The van der Waals surface area contributed by atoms with Gasteiger partial charge in [-0.25, -0.2) is 8.42 Å². The zero-order valence-electron chi connectivity index (χ0n) is 11.4. The molecule has 0 rings (SSSR count). The fourth-order valence-corrected chi connectivity index (χ4v) is 2.17. The van der Waals surface area contributed by atoms with Crippen molar-refractivity contribution in [3.63, 3.8) is 0 Å². The molecule has 18 heavy (non-hydrogen) atoms. The number of ether oxygens (including phenoxy) is 1. The molecule has 0 aliphatic rings. The maximum atomic E-state index is 11.6. The maximum Gasteiger partial charge on any atom is 0.235 e. The first kappa shape index (κ1) is 17.3. The number of methoxy groups -OCH3 is 1. The molecule has 7 heteroatoms. The number of nitrogens with zero attached hydrogens (tertiary/aromatic N) is 1. The number of rotatable bonds is 10. The number of carbonyl (C=O) groups excluding carboxylic acids is 1. The summed E-state index contributed by atoms with van der Waals surface area (Å²) in [6.07, 6.45) is 3.49. The molecule has 0 bridgehead atoms. The van der Waals surface area contributed by atoms with Gasteiger partial charge in [-0.15, -0.1) is 0 Å². The van der Waals surface area contributed by atoms with E-state index in [-0.39, 0.29) is 12.5 Å². The molecule has 0 aromatic rings. The molecule has 0 aliphatic heterocycles. The highest BCUT2D eigenvalue weighted by Gasteiger charge is 2.18. The van der Waals surface area contributed by atoms with Gasteiger partial charge >= 0.3 is 0 Å². The average molecular weight is 280 g/mol. The Morgan fingerprint density at radius 2 is 2.00 bits per heavy atom. The van der Waals surface area contributed by atoms with Gasteiger partial charge in [0.05, 0.1) is 12.8 Å². The average Bonchev–Trinajstić information content (AvgIpc) is 2.28. The Balaban J connectivity index is 4.11. The van der Waals surface area contributed by atoms with Crippen LogP contribution >= 0.6 is 0 Å². The first-order valence-corrected chi connectivity index (χ1v) is 7.97. The Bertz CT molecular complexity index is 330. The molecule has 0 saturated heterocycles. The van der Waals surface area contributed by atoms with Crippen molar-refractivity contribution in [2.24, 2.45) is 0 Å². The third-order valence-electron chi connectivity index (χ3n) is 2.40. The van der Waals surface area contributed by atoms with Gasteiger partial charge < -0.3 is 10.1 Å². The van der Waals surface area contributed by atoms with Crippen molar-refractivity contribution in [1.82, 2.24) is 9.62 Å². The van der Waals surface area contributed by atoms with E-state index in [9.17, 15) is 13.2 Å². The summed E-state index contributed by atoms with van der Waals surface area (Å²) in [6.45, 7) is 3.34. The Hall–Kier alpha value is -0.660. The summed E-state index contributed by atoms with van der Waals surface area (Å²) in [5.74, 6) is -0.271. The van der Waals surface area contributed by atoms with E-state index in [0.717, 1.165) is 25.5 Å². The van der Waals surface area contributed by atoms with Crippen LogP contribution in [0.3, 0.4) is 0 Å².